The molecule has 0 saturated heterocycles. The molecule has 3 aromatic heterocycles. The van der Waals surface area contributed by atoms with Crippen LogP contribution in [0, 0.1) is 0 Å². The summed E-state index contributed by atoms with van der Waals surface area (Å²) in [6.45, 7) is 0. The topological polar surface area (TPSA) is 51.8 Å². The van der Waals surface area contributed by atoms with Crippen LogP contribution in [-0.4, -0.2) is 15.0 Å². The third-order valence-electron chi connectivity index (χ3n) is 15.2. The van der Waals surface area contributed by atoms with Gasteiger partial charge in [-0.15, -0.1) is 11.3 Å². The van der Waals surface area contributed by atoms with E-state index in [1.54, 1.807) is 11.3 Å². The van der Waals surface area contributed by atoms with E-state index >= 15 is 0 Å². The number of aromatic nitrogens is 3. The molecule has 0 radical (unpaired) electrons. The predicted molar refractivity (Wildman–Crippen MR) is 310 cm³/mol. The number of hydrogen-bond donors (Lipinski definition) is 0. The van der Waals surface area contributed by atoms with Crippen LogP contribution in [0.5, 0.6) is 0 Å². The number of rotatable bonds is 8. The summed E-state index contributed by atoms with van der Waals surface area (Å²) >= 11 is 1.80. The maximum Gasteiger partial charge on any atom is 0.164 e. The summed E-state index contributed by atoms with van der Waals surface area (Å²) in [7, 11) is 0. The molecule has 0 atom stereocenters. The molecular weight excluding hydrogens is 931 g/mol. The first kappa shape index (κ1) is 43.1. The Hall–Kier alpha value is -9.55. The molecule has 0 bridgehead atoms. The lowest BCUT2D eigenvalue weighted by atomic mass is 9.67. The molecule has 5 heteroatoms. The van der Waals surface area contributed by atoms with Gasteiger partial charge in [-0.05, 0) is 121 Å². The van der Waals surface area contributed by atoms with Crippen LogP contribution in [0.2, 0.25) is 0 Å². The average molecular weight is 974 g/mol. The van der Waals surface area contributed by atoms with E-state index < -0.39 is 5.41 Å². The van der Waals surface area contributed by atoms with Gasteiger partial charge in [-0.3, -0.25) is 0 Å². The third-order valence-corrected chi connectivity index (χ3v) is 16.4. The molecule has 0 saturated carbocycles. The van der Waals surface area contributed by atoms with Crippen LogP contribution >= 0.6 is 11.3 Å². The molecule has 14 aromatic rings. The Morgan fingerprint density at radius 2 is 0.800 bits per heavy atom. The second-order valence-electron chi connectivity index (χ2n) is 19.4. The first-order valence-corrected chi connectivity index (χ1v) is 26.2. The lowest BCUT2D eigenvalue weighted by molar-refractivity contribution is 0.669. The SMILES string of the molecule is c1ccc(-c2cccc(-c3cccc(-c4ccc5sc6cccc(-c7nc(-c8cccc(C9(c%10ccccc%10)c%10ccccc%10-c%10ccccc%109)c8)nc(-c8ccc9c(c8)oc8ccccc89)n7)c6c5c4)c3)c2)cc1. The quantitative estimate of drug-likeness (QED) is 0.152. The van der Waals surface area contributed by atoms with Gasteiger partial charge >= 0.3 is 0 Å². The first-order valence-electron chi connectivity index (χ1n) is 25.4. The van der Waals surface area contributed by atoms with Crippen molar-refractivity contribution in [3.05, 3.63) is 283 Å². The summed E-state index contributed by atoms with van der Waals surface area (Å²) in [6, 6.07) is 93.6. The second kappa shape index (κ2) is 17.3. The lowest BCUT2D eigenvalue weighted by Crippen LogP contribution is -2.28. The molecule has 0 unspecified atom stereocenters. The molecule has 1 aliphatic carbocycles. The Labute approximate surface area is 437 Å². The Kier molecular flexibility index (Phi) is 9.94. The molecule has 15 rings (SSSR count). The summed E-state index contributed by atoms with van der Waals surface area (Å²) in [5.74, 6) is 1.77. The van der Waals surface area contributed by atoms with E-state index in [1.165, 1.54) is 59.5 Å². The number of benzene rings is 11. The summed E-state index contributed by atoms with van der Waals surface area (Å²) < 4.78 is 8.83. The van der Waals surface area contributed by atoms with Crippen LogP contribution in [0.3, 0.4) is 0 Å². The van der Waals surface area contributed by atoms with Gasteiger partial charge in [-0.1, -0.05) is 206 Å². The molecule has 0 fully saturated rings. The molecule has 0 N–H and O–H groups in total. The molecule has 75 heavy (non-hydrogen) atoms. The van der Waals surface area contributed by atoms with Gasteiger partial charge in [0.25, 0.3) is 0 Å². The van der Waals surface area contributed by atoms with Crippen molar-refractivity contribution in [1.29, 1.82) is 0 Å². The van der Waals surface area contributed by atoms with E-state index in [1.807, 2.05) is 12.1 Å². The normalized spacial score (nSPS) is 12.6. The predicted octanol–water partition coefficient (Wildman–Crippen LogP) is 18.5. The highest BCUT2D eigenvalue weighted by Gasteiger charge is 2.46. The zero-order valence-corrected chi connectivity index (χ0v) is 41.3. The fourth-order valence-corrected chi connectivity index (χ4v) is 12.9. The van der Waals surface area contributed by atoms with Crippen LogP contribution in [0.25, 0.3) is 121 Å². The highest BCUT2D eigenvalue weighted by Crippen LogP contribution is 2.56. The summed E-state index contributed by atoms with van der Waals surface area (Å²) in [4.78, 5) is 16.3. The zero-order valence-electron chi connectivity index (χ0n) is 40.5. The van der Waals surface area contributed by atoms with Crippen LogP contribution in [0.1, 0.15) is 22.3 Å². The van der Waals surface area contributed by atoms with Crippen molar-refractivity contribution >= 4 is 53.4 Å². The van der Waals surface area contributed by atoms with Crippen molar-refractivity contribution in [2.75, 3.05) is 0 Å². The number of nitrogens with zero attached hydrogens (tertiary/aromatic N) is 3. The molecule has 350 valence electrons. The van der Waals surface area contributed by atoms with Gasteiger partial charge in [0, 0.05) is 47.6 Å². The largest absolute Gasteiger partial charge is 0.456 e. The van der Waals surface area contributed by atoms with Crippen molar-refractivity contribution in [3.8, 4) is 78.7 Å². The smallest absolute Gasteiger partial charge is 0.164 e. The number of furan rings is 1. The summed E-state index contributed by atoms with van der Waals surface area (Å²) in [5, 5.41) is 4.42. The summed E-state index contributed by atoms with van der Waals surface area (Å²) in [6.07, 6.45) is 0. The molecule has 11 aromatic carbocycles. The first-order chi connectivity index (χ1) is 37.1. The maximum atomic E-state index is 6.46. The molecule has 4 nitrogen and oxygen atoms in total. The van der Waals surface area contributed by atoms with E-state index in [-0.39, 0.29) is 0 Å². The van der Waals surface area contributed by atoms with E-state index in [0.717, 1.165) is 66.1 Å². The molecular formula is C70H43N3OS. The number of thiophene rings is 1. The molecule has 1 aliphatic rings. The van der Waals surface area contributed by atoms with E-state index in [4.69, 9.17) is 19.4 Å². The molecule has 0 amide bonds. The average Bonchev–Trinajstić information content (AvgIpc) is 4.29. The third kappa shape index (κ3) is 7.00. The van der Waals surface area contributed by atoms with Gasteiger partial charge < -0.3 is 4.42 Å². The highest BCUT2D eigenvalue weighted by molar-refractivity contribution is 7.26. The van der Waals surface area contributed by atoms with Gasteiger partial charge in [-0.25, -0.2) is 15.0 Å². The van der Waals surface area contributed by atoms with Crippen LogP contribution < -0.4 is 0 Å². The summed E-state index contributed by atoms with van der Waals surface area (Å²) in [5.41, 5.74) is 18.2. The zero-order chi connectivity index (χ0) is 49.5. The highest BCUT2D eigenvalue weighted by atomic mass is 32.1. The van der Waals surface area contributed by atoms with Crippen molar-refractivity contribution in [3.63, 3.8) is 0 Å². The fraction of sp³-hybridized carbons (Fsp3) is 0.0143. The standard InChI is InChI=1S/C70H43N3OS/c1-3-17-44(18-4-1)45-19-13-20-46(39-45)47-21-14-22-48(40-47)49-36-38-64-59(42-49)66-58(30-16-34-65(66)75-64)69-72-67(71-68(73-69)51-35-37-57-56-29-9-12-33-62(56)74-63(57)43-51)50-23-15-26-53(41-50)70(52-24-5-2-6-25-52)60-31-10-7-27-54(60)55-28-8-11-32-61(55)70/h1-43H. The number of hydrogen-bond acceptors (Lipinski definition) is 5. The molecule has 3 heterocycles. The fourth-order valence-electron chi connectivity index (χ4n) is 11.8. The Morgan fingerprint density at radius 3 is 1.53 bits per heavy atom. The van der Waals surface area contributed by atoms with Gasteiger partial charge in [0.05, 0.1) is 5.41 Å². The van der Waals surface area contributed by atoms with E-state index in [0.29, 0.717) is 17.5 Å². The van der Waals surface area contributed by atoms with Crippen LogP contribution in [0.15, 0.2) is 265 Å². The molecule has 0 spiro atoms. The van der Waals surface area contributed by atoms with Crippen molar-refractivity contribution in [2.24, 2.45) is 0 Å². The number of para-hydroxylation sites is 1. The van der Waals surface area contributed by atoms with Gasteiger partial charge in [0.15, 0.2) is 17.5 Å². The van der Waals surface area contributed by atoms with Crippen molar-refractivity contribution in [1.82, 2.24) is 15.0 Å². The van der Waals surface area contributed by atoms with Gasteiger partial charge in [-0.2, -0.15) is 0 Å². The minimum atomic E-state index is -0.583. The second-order valence-corrected chi connectivity index (χ2v) is 20.5. The minimum absolute atomic E-state index is 0.572. The Bertz CT molecular complexity index is 4510. The van der Waals surface area contributed by atoms with Gasteiger partial charge in [0.2, 0.25) is 0 Å². The van der Waals surface area contributed by atoms with Crippen molar-refractivity contribution < 1.29 is 4.42 Å². The van der Waals surface area contributed by atoms with E-state index in [9.17, 15) is 0 Å². The lowest BCUT2D eigenvalue weighted by Gasteiger charge is -2.34. The minimum Gasteiger partial charge on any atom is -0.456 e. The van der Waals surface area contributed by atoms with Gasteiger partial charge in [0.1, 0.15) is 11.2 Å². The maximum absolute atomic E-state index is 6.46. The monoisotopic (exact) mass is 973 g/mol. The van der Waals surface area contributed by atoms with Crippen molar-refractivity contribution in [2.45, 2.75) is 5.41 Å². The Morgan fingerprint density at radius 1 is 0.293 bits per heavy atom. The van der Waals surface area contributed by atoms with Crippen LogP contribution in [0.4, 0.5) is 0 Å². The van der Waals surface area contributed by atoms with Crippen LogP contribution in [-0.2, 0) is 5.41 Å². The van der Waals surface area contributed by atoms with E-state index in [2.05, 4.69) is 249 Å². The molecule has 0 aliphatic heterocycles. The number of fused-ring (bicyclic) bond motifs is 9. The Balaban J connectivity index is 0.909.